The SMILES string of the molecule is Cc1cc2c(N3CC(O)CC3CN(C)C)nc(Cl)nc2s1. The molecule has 0 spiro atoms. The van der Waals surface area contributed by atoms with E-state index in [-0.39, 0.29) is 17.4 Å². The van der Waals surface area contributed by atoms with Crippen LogP contribution in [0.15, 0.2) is 6.07 Å². The van der Waals surface area contributed by atoms with Crippen LogP contribution in [-0.4, -0.2) is 59.3 Å². The fourth-order valence-electron chi connectivity index (χ4n) is 2.97. The van der Waals surface area contributed by atoms with Gasteiger partial charge in [-0.3, -0.25) is 0 Å². The molecule has 3 rings (SSSR count). The zero-order valence-corrected chi connectivity index (χ0v) is 13.9. The van der Waals surface area contributed by atoms with Crippen LogP contribution < -0.4 is 4.90 Å². The predicted molar refractivity (Wildman–Crippen MR) is 87.5 cm³/mol. The van der Waals surface area contributed by atoms with E-state index in [1.165, 1.54) is 4.88 Å². The van der Waals surface area contributed by atoms with Gasteiger partial charge >= 0.3 is 0 Å². The smallest absolute Gasteiger partial charge is 0.225 e. The van der Waals surface area contributed by atoms with Crippen molar-refractivity contribution in [1.29, 1.82) is 0 Å². The molecule has 2 unspecified atom stereocenters. The van der Waals surface area contributed by atoms with Gasteiger partial charge in [0.1, 0.15) is 10.6 Å². The average molecular weight is 327 g/mol. The highest BCUT2D eigenvalue weighted by atomic mass is 35.5. The molecule has 1 aliphatic rings. The molecule has 1 saturated heterocycles. The maximum Gasteiger partial charge on any atom is 0.225 e. The Hall–Kier alpha value is -0.950. The van der Waals surface area contributed by atoms with Gasteiger partial charge in [0.2, 0.25) is 5.28 Å². The Morgan fingerprint density at radius 2 is 2.24 bits per heavy atom. The second-order valence-electron chi connectivity index (χ2n) is 5.85. The minimum absolute atomic E-state index is 0.240. The van der Waals surface area contributed by atoms with Crippen LogP contribution in [0.25, 0.3) is 10.2 Å². The number of likely N-dealkylation sites (N-methyl/N-ethyl adjacent to an activating group) is 1. The lowest BCUT2D eigenvalue weighted by atomic mass is 10.2. The van der Waals surface area contributed by atoms with Crippen molar-refractivity contribution in [3.63, 3.8) is 0 Å². The Morgan fingerprint density at radius 3 is 2.95 bits per heavy atom. The number of rotatable bonds is 3. The summed E-state index contributed by atoms with van der Waals surface area (Å²) in [5.41, 5.74) is 0. The number of aliphatic hydroxyl groups excluding tert-OH is 1. The summed E-state index contributed by atoms with van der Waals surface area (Å²) in [4.78, 5) is 15.2. The van der Waals surface area contributed by atoms with Gasteiger partial charge in [-0.1, -0.05) is 0 Å². The van der Waals surface area contributed by atoms with E-state index >= 15 is 0 Å². The summed E-state index contributed by atoms with van der Waals surface area (Å²) in [5.74, 6) is 0.845. The van der Waals surface area contributed by atoms with Crippen LogP contribution in [0.1, 0.15) is 11.3 Å². The minimum atomic E-state index is -0.321. The highest BCUT2D eigenvalue weighted by Crippen LogP contribution is 2.35. The van der Waals surface area contributed by atoms with Crippen molar-refractivity contribution >= 4 is 39.0 Å². The van der Waals surface area contributed by atoms with Gasteiger partial charge in [0.15, 0.2) is 0 Å². The zero-order chi connectivity index (χ0) is 15.1. The van der Waals surface area contributed by atoms with Crippen molar-refractivity contribution in [2.45, 2.75) is 25.5 Å². The normalized spacial score (nSPS) is 22.7. The number of nitrogens with zero attached hydrogens (tertiary/aromatic N) is 4. The number of hydrogen-bond acceptors (Lipinski definition) is 6. The molecule has 2 aromatic rings. The summed E-state index contributed by atoms with van der Waals surface area (Å²) in [5, 5.41) is 11.4. The number of aliphatic hydroxyl groups is 1. The molecule has 2 atom stereocenters. The molecule has 0 saturated carbocycles. The van der Waals surface area contributed by atoms with Crippen LogP contribution in [0.2, 0.25) is 5.28 Å². The summed E-state index contributed by atoms with van der Waals surface area (Å²) in [6.45, 7) is 3.53. The molecular weight excluding hydrogens is 308 g/mol. The average Bonchev–Trinajstić information content (AvgIpc) is 2.89. The maximum absolute atomic E-state index is 10.1. The Labute approximate surface area is 133 Å². The Kier molecular flexibility index (Phi) is 4.05. The monoisotopic (exact) mass is 326 g/mol. The van der Waals surface area contributed by atoms with Crippen molar-refractivity contribution in [3.8, 4) is 0 Å². The third-order valence-corrected chi connectivity index (χ3v) is 4.82. The molecule has 7 heteroatoms. The largest absolute Gasteiger partial charge is 0.391 e. The van der Waals surface area contributed by atoms with Crippen LogP contribution in [0.5, 0.6) is 0 Å². The second kappa shape index (κ2) is 5.68. The van der Waals surface area contributed by atoms with Crippen molar-refractivity contribution < 1.29 is 5.11 Å². The van der Waals surface area contributed by atoms with Crippen molar-refractivity contribution in [2.75, 3.05) is 32.1 Å². The third-order valence-electron chi connectivity index (χ3n) is 3.71. The Bertz CT molecular complexity index is 660. The van der Waals surface area contributed by atoms with Crippen LogP contribution in [0.4, 0.5) is 5.82 Å². The lowest BCUT2D eigenvalue weighted by Crippen LogP contribution is -2.38. The molecule has 0 aromatic carbocycles. The number of β-amino-alcohol motifs (C(OH)–C–C–N with tert-alkyl or cyclic N) is 1. The highest BCUT2D eigenvalue weighted by molar-refractivity contribution is 7.18. The van der Waals surface area contributed by atoms with Gasteiger partial charge in [-0.25, -0.2) is 4.98 Å². The summed E-state index contributed by atoms with van der Waals surface area (Å²) >= 11 is 7.71. The first-order valence-electron chi connectivity index (χ1n) is 6.97. The van der Waals surface area contributed by atoms with Crippen molar-refractivity contribution in [2.24, 2.45) is 0 Å². The number of aromatic nitrogens is 2. The van der Waals surface area contributed by atoms with E-state index in [4.69, 9.17) is 11.6 Å². The lowest BCUT2D eigenvalue weighted by molar-refractivity contribution is 0.191. The Balaban J connectivity index is 2.05. The van der Waals surface area contributed by atoms with Crippen molar-refractivity contribution in [1.82, 2.24) is 14.9 Å². The topological polar surface area (TPSA) is 52.5 Å². The molecule has 3 heterocycles. The molecule has 0 aliphatic carbocycles. The van der Waals surface area contributed by atoms with Gasteiger partial charge in [-0.05, 0) is 45.1 Å². The van der Waals surface area contributed by atoms with Gasteiger partial charge in [-0.15, -0.1) is 11.3 Å². The number of hydrogen-bond donors (Lipinski definition) is 1. The molecule has 0 radical (unpaired) electrons. The lowest BCUT2D eigenvalue weighted by Gasteiger charge is -2.28. The van der Waals surface area contributed by atoms with Crippen molar-refractivity contribution in [3.05, 3.63) is 16.2 Å². The standard InChI is InChI=1S/C14H19ClN4OS/c1-8-4-11-12(16-14(15)17-13(11)21-8)19-7-10(20)5-9(19)6-18(2)3/h4,9-10,20H,5-7H2,1-3H3. The number of anilines is 1. The quantitative estimate of drug-likeness (QED) is 0.876. The van der Waals surface area contributed by atoms with E-state index in [1.54, 1.807) is 11.3 Å². The third kappa shape index (κ3) is 2.99. The molecule has 21 heavy (non-hydrogen) atoms. The van der Waals surface area contributed by atoms with Gasteiger partial charge < -0.3 is 14.9 Å². The van der Waals surface area contributed by atoms with Crippen LogP contribution in [0, 0.1) is 6.92 Å². The first-order valence-corrected chi connectivity index (χ1v) is 8.16. The van der Waals surface area contributed by atoms with E-state index < -0.39 is 0 Å². The minimum Gasteiger partial charge on any atom is -0.391 e. The molecule has 1 aliphatic heterocycles. The van der Waals surface area contributed by atoms with E-state index in [0.29, 0.717) is 6.54 Å². The van der Waals surface area contributed by atoms with Gasteiger partial charge in [0.05, 0.1) is 11.5 Å². The van der Waals surface area contributed by atoms with Crippen LogP contribution in [0.3, 0.4) is 0 Å². The fourth-order valence-corrected chi connectivity index (χ4v) is 4.06. The molecule has 114 valence electrons. The molecule has 5 nitrogen and oxygen atoms in total. The molecule has 0 bridgehead atoms. The molecule has 1 fully saturated rings. The summed E-state index contributed by atoms with van der Waals surface area (Å²) in [6, 6.07) is 2.34. The van der Waals surface area contributed by atoms with E-state index in [9.17, 15) is 5.11 Å². The fraction of sp³-hybridized carbons (Fsp3) is 0.571. The van der Waals surface area contributed by atoms with Gasteiger partial charge in [0.25, 0.3) is 0 Å². The first-order chi connectivity index (χ1) is 9.94. The van der Waals surface area contributed by atoms with E-state index in [0.717, 1.165) is 29.0 Å². The van der Waals surface area contributed by atoms with E-state index in [2.05, 4.69) is 32.8 Å². The summed E-state index contributed by atoms with van der Waals surface area (Å²) < 4.78 is 0. The van der Waals surface area contributed by atoms with Crippen LogP contribution in [-0.2, 0) is 0 Å². The summed E-state index contributed by atoms with van der Waals surface area (Å²) in [6.07, 6.45) is 0.434. The number of halogens is 1. The molecular formula is C14H19ClN4OS. The Morgan fingerprint density at radius 1 is 1.48 bits per heavy atom. The predicted octanol–water partition coefficient (Wildman–Crippen LogP) is 2.15. The first kappa shape index (κ1) is 15.0. The van der Waals surface area contributed by atoms with Gasteiger partial charge in [-0.2, -0.15) is 4.98 Å². The van der Waals surface area contributed by atoms with E-state index in [1.807, 2.05) is 14.1 Å². The number of thiophene rings is 1. The summed E-state index contributed by atoms with van der Waals surface area (Å²) in [7, 11) is 4.08. The zero-order valence-electron chi connectivity index (χ0n) is 12.4. The molecule has 0 amide bonds. The molecule has 1 N–H and O–H groups in total. The second-order valence-corrected chi connectivity index (χ2v) is 7.42. The highest BCUT2D eigenvalue weighted by Gasteiger charge is 2.33. The van der Waals surface area contributed by atoms with Gasteiger partial charge in [0, 0.05) is 24.0 Å². The van der Waals surface area contributed by atoms with Crippen LogP contribution >= 0.6 is 22.9 Å². The molecule has 2 aromatic heterocycles. The maximum atomic E-state index is 10.1. The number of fused-ring (bicyclic) bond motifs is 1. The number of aryl methyl sites for hydroxylation is 1.